The first-order valence-corrected chi connectivity index (χ1v) is 12.4. The molecule has 29 heavy (non-hydrogen) atoms. The molecular weight excluding hydrogens is 472 g/mol. The molecule has 0 aromatic heterocycles. The summed E-state index contributed by atoms with van der Waals surface area (Å²) in [7, 11) is -1.45. The SMILES string of the molecule is C=C1CCC[C@@H]2N(C)c3ccc(Br)cc3[C@]12CCNS(=O)(=O)c1ccc(Cl)cc1. The van der Waals surface area contributed by atoms with Crippen LogP contribution < -0.4 is 9.62 Å². The average molecular weight is 496 g/mol. The van der Waals surface area contributed by atoms with Crippen molar-refractivity contribution in [3.63, 3.8) is 0 Å². The highest BCUT2D eigenvalue weighted by Crippen LogP contribution is 2.55. The van der Waals surface area contributed by atoms with Crippen molar-refractivity contribution in [1.29, 1.82) is 0 Å². The lowest BCUT2D eigenvalue weighted by Gasteiger charge is -2.44. The van der Waals surface area contributed by atoms with E-state index in [1.807, 2.05) is 0 Å². The van der Waals surface area contributed by atoms with E-state index in [0.717, 1.165) is 23.7 Å². The summed E-state index contributed by atoms with van der Waals surface area (Å²) in [5, 5.41) is 0.514. The normalized spacial score (nSPS) is 23.8. The lowest BCUT2D eigenvalue weighted by atomic mass is 9.63. The third kappa shape index (κ3) is 3.54. The highest BCUT2D eigenvalue weighted by atomic mass is 79.9. The molecule has 1 aliphatic heterocycles. The minimum atomic E-state index is -3.59. The van der Waals surface area contributed by atoms with E-state index in [1.54, 1.807) is 12.1 Å². The predicted octanol–water partition coefficient (Wildman–Crippen LogP) is 5.27. The van der Waals surface area contributed by atoms with Crippen molar-refractivity contribution in [3.05, 3.63) is 69.7 Å². The van der Waals surface area contributed by atoms with Crippen molar-refractivity contribution < 1.29 is 8.42 Å². The van der Waals surface area contributed by atoms with E-state index < -0.39 is 10.0 Å². The molecule has 1 aliphatic carbocycles. The summed E-state index contributed by atoms with van der Waals surface area (Å²) < 4.78 is 29.3. The maximum absolute atomic E-state index is 12.7. The minimum Gasteiger partial charge on any atom is -0.370 e. The zero-order chi connectivity index (χ0) is 20.8. The number of rotatable bonds is 5. The molecule has 1 N–H and O–H groups in total. The Morgan fingerprint density at radius 1 is 1.28 bits per heavy atom. The lowest BCUT2D eigenvalue weighted by Crippen LogP contribution is -2.48. The van der Waals surface area contributed by atoms with E-state index in [9.17, 15) is 8.42 Å². The number of halogens is 2. The van der Waals surface area contributed by atoms with Gasteiger partial charge in [-0.1, -0.05) is 39.7 Å². The van der Waals surface area contributed by atoms with Gasteiger partial charge in [0.2, 0.25) is 10.0 Å². The fraction of sp³-hybridized carbons (Fsp3) is 0.364. The molecule has 1 fully saturated rings. The molecule has 2 aromatic rings. The molecule has 1 heterocycles. The van der Waals surface area contributed by atoms with Gasteiger partial charge in [-0.05, 0) is 73.7 Å². The zero-order valence-corrected chi connectivity index (χ0v) is 19.4. The first kappa shape index (κ1) is 20.9. The summed E-state index contributed by atoms with van der Waals surface area (Å²) in [5.41, 5.74) is 3.41. The smallest absolute Gasteiger partial charge is 0.240 e. The van der Waals surface area contributed by atoms with Crippen LogP contribution >= 0.6 is 27.5 Å². The minimum absolute atomic E-state index is 0.227. The van der Waals surface area contributed by atoms with Gasteiger partial charge in [0.05, 0.1) is 4.90 Å². The number of benzene rings is 2. The molecule has 4 nitrogen and oxygen atoms in total. The van der Waals surface area contributed by atoms with Crippen LogP contribution in [0.15, 0.2) is 64.0 Å². The first-order chi connectivity index (χ1) is 13.8. The maximum atomic E-state index is 12.7. The summed E-state index contributed by atoms with van der Waals surface area (Å²) in [4.78, 5) is 2.57. The molecule has 0 amide bonds. The molecule has 0 unspecified atom stereocenters. The van der Waals surface area contributed by atoms with Crippen LogP contribution in [-0.2, 0) is 15.4 Å². The zero-order valence-electron chi connectivity index (χ0n) is 16.3. The topological polar surface area (TPSA) is 49.4 Å². The van der Waals surface area contributed by atoms with Crippen LogP contribution in [0.2, 0.25) is 5.02 Å². The summed E-state index contributed by atoms with van der Waals surface area (Å²) in [6.07, 6.45) is 3.84. The highest BCUT2D eigenvalue weighted by molar-refractivity contribution is 9.10. The Bertz CT molecular complexity index is 1050. The average Bonchev–Trinajstić information content (AvgIpc) is 2.92. The van der Waals surface area contributed by atoms with Crippen molar-refractivity contribution >= 4 is 43.2 Å². The van der Waals surface area contributed by atoms with E-state index >= 15 is 0 Å². The second kappa shape index (κ2) is 7.73. The number of anilines is 1. The Balaban J connectivity index is 1.63. The Morgan fingerprint density at radius 2 is 2.00 bits per heavy atom. The quantitative estimate of drug-likeness (QED) is 0.575. The third-order valence-corrected chi connectivity index (χ3v) is 8.60. The van der Waals surface area contributed by atoms with Crippen molar-refractivity contribution in [1.82, 2.24) is 4.72 Å². The molecular formula is C22H24BrClN2O2S. The number of sulfonamides is 1. The fourth-order valence-corrected chi connectivity index (χ4v) is 6.53. The number of hydrogen-bond acceptors (Lipinski definition) is 3. The molecule has 1 saturated carbocycles. The molecule has 7 heteroatoms. The van der Waals surface area contributed by atoms with Crippen molar-refractivity contribution in [2.24, 2.45) is 0 Å². The molecule has 2 atom stereocenters. The molecule has 2 aromatic carbocycles. The Labute approximate surface area is 186 Å². The van der Waals surface area contributed by atoms with Crippen LogP contribution in [0, 0.1) is 0 Å². The largest absolute Gasteiger partial charge is 0.370 e. The summed E-state index contributed by atoms with van der Waals surface area (Å²) >= 11 is 9.50. The number of nitrogens with zero attached hydrogens (tertiary/aromatic N) is 1. The van der Waals surface area contributed by atoms with Crippen LogP contribution in [0.5, 0.6) is 0 Å². The molecule has 0 saturated heterocycles. The van der Waals surface area contributed by atoms with Gasteiger partial charge in [-0.15, -0.1) is 0 Å². The van der Waals surface area contributed by atoms with Gasteiger partial charge in [-0.3, -0.25) is 0 Å². The standard InChI is InChI=1S/C22H24BrClN2O2S/c1-15-4-3-5-21-22(15,19-14-16(23)6-11-20(19)26(21)2)12-13-25-29(27,28)18-9-7-17(24)8-10-18/h6-11,14,21,25H,1,3-5,12-13H2,2H3/t21-,22-/m0/s1. The highest BCUT2D eigenvalue weighted by Gasteiger charge is 2.52. The number of fused-ring (bicyclic) bond motifs is 3. The molecule has 2 aliphatic rings. The van der Waals surface area contributed by atoms with Gasteiger partial charge in [0, 0.05) is 40.2 Å². The number of likely N-dealkylation sites (N-methyl/N-ethyl adjacent to an activating group) is 1. The van der Waals surface area contributed by atoms with Crippen LogP contribution in [0.25, 0.3) is 0 Å². The van der Waals surface area contributed by atoms with Crippen LogP contribution in [0.1, 0.15) is 31.2 Å². The van der Waals surface area contributed by atoms with Gasteiger partial charge in [0.1, 0.15) is 0 Å². The molecule has 0 radical (unpaired) electrons. The first-order valence-electron chi connectivity index (χ1n) is 9.72. The van der Waals surface area contributed by atoms with Crippen molar-refractivity contribution in [2.45, 2.75) is 42.0 Å². The van der Waals surface area contributed by atoms with Crippen LogP contribution in [0.3, 0.4) is 0 Å². The maximum Gasteiger partial charge on any atom is 0.240 e. The molecule has 0 spiro atoms. The lowest BCUT2D eigenvalue weighted by molar-refractivity contribution is 0.323. The van der Waals surface area contributed by atoms with Gasteiger partial charge in [-0.2, -0.15) is 0 Å². The summed E-state index contributed by atoms with van der Waals surface area (Å²) in [6.45, 7) is 4.79. The number of hydrogen-bond donors (Lipinski definition) is 1. The second-order valence-corrected chi connectivity index (χ2v) is 11.0. The Kier molecular flexibility index (Phi) is 5.57. The fourth-order valence-electron chi connectivity index (χ4n) is 5.01. The molecule has 154 valence electrons. The van der Waals surface area contributed by atoms with E-state index in [1.165, 1.54) is 29.0 Å². The molecule has 4 rings (SSSR count). The Hall–Kier alpha value is -1.34. The van der Waals surface area contributed by atoms with Gasteiger partial charge in [0.15, 0.2) is 0 Å². The predicted molar refractivity (Wildman–Crippen MR) is 122 cm³/mol. The van der Waals surface area contributed by atoms with Gasteiger partial charge >= 0.3 is 0 Å². The summed E-state index contributed by atoms with van der Waals surface area (Å²) in [5.74, 6) is 0. The van der Waals surface area contributed by atoms with Crippen LogP contribution in [-0.4, -0.2) is 28.1 Å². The van der Waals surface area contributed by atoms with E-state index in [-0.39, 0.29) is 10.3 Å². The number of nitrogens with one attached hydrogen (secondary N) is 1. The van der Waals surface area contributed by atoms with Crippen LogP contribution in [0.4, 0.5) is 5.69 Å². The van der Waals surface area contributed by atoms with Gasteiger partial charge in [-0.25, -0.2) is 13.1 Å². The second-order valence-electron chi connectivity index (χ2n) is 7.86. The summed E-state index contributed by atoms with van der Waals surface area (Å²) in [6, 6.07) is 12.9. The van der Waals surface area contributed by atoms with Gasteiger partial charge in [0.25, 0.3) is 0 Å². The molecule has 0 bridgehead atoms. The van der Waals surface area contributed by atoms with Gasteiger partial charge < -0.3 is 4.90 Å². The monoisotopic (exact) mass is 494 g/mol. The van der Waals surface area contributed by atoms with E-state index in [4.69, 9.17) is 11.6 Å². The van der Waals surface area contributed by atoms with Crippen molar-refractivity contribution in [3.8, 4) is 0 Å². The van der Waals surface area contributed by atoms with Crippen molar-refractivity contribution in [2.75, 3.05) is 18.5 Å². The van der Waals surface area contributed by atoms with E-state index in [2.05, 4.69) is 57.4 Å². The Morgan fingerprint density at radius 3 is 2.72 bits per heavy atom. The third-order valence-electron chi connectivity index (χ3n) is 6.38. The van der Waals surface area contributed by atoms with E-state index in [0.29, 0.717) is 24.0 Å².